The van der Waals surface area contributed by atoms with E-state index in [-0.39, 0.29) is 5.66 Å². The third-order valence-corrected chi connectivity index (χ3v) is 4.36. The summed E-state index contributed by atoms with van der Waals surface area (Å²) in [5.74, 6) is 1.07. The van der Waals surface area contributed by atoms with Crippen molar-refractivity contribution in [2.24, 2.45) is 0 Å². The molecule has 0 radical (unpaired) electrons. The van der Waals surface area contributed by atoms with Crippen molar-refractivity contribution < 1.29 is 0 Å². The average molecular weight is 277 g/mol. The monoisotopic (exact) mass is 277 g/mol. The molecular weight excluding hydrogens is 258 g/mol. The van der Waals surface area contributed by atoms with Crippen LogP contribution in [0, 0.1) is 0 Å². The zero-order valence-electron chi connectivity index (χ0n) is 12.4. The standard InChI is InChI=1S/C18H19N3/c1-3-12-18(2)20-14-9-5-4-8-13(14)17-19-15-10-6-7-11-16(15)21(17)18/h4-11,20H,3,12H2,1-2H3/t18-/m1/s1. The normalized spacial score (nSPS) is 19.9. The van der Waals surface area contributed by atoms with Crippen molar-refractivity contribution in [1.82, 2.24) is 9.55 Å². The third kappa shape index (κ3) is 1.70. The van der Waals surface area contributed by atoms with E-state index < -0.39 is 0 Å². The maximum absolute atomic E-state index is 4.90. The molecule has 0 saturated carbocycles. The van der Waals surface area contributed by atoms with Gasteiger partial charge in [-0.25, -0.2) is 4.98 Å². The SMILES string of the molecule is CCC[C@]1(C)Nc2ccccc2-c2nc3ccccc3n21. The lowest BCUT2D eigenvalue weighted by Crippen LogP contribution is -2.41. The lowest BCUT2D eigenvalue weighted by atomic mass is 9.99. The number of nitrogens with zero attached hydrogens (tertiary/aromatic N) is 2. The van der Waals surface area contributed by atoms with Crippen LogP contribution in [-0.4, -0.2) is 9.55 Å². The minimum absolute atomic E-state index is 0.130. The van der Waals surface area contributed by atoms with E-state index >= 15 is 0 Å². The van der Waals surface area contributed by atoms with Crippen molar-refractivity contribution in [3.8, 4) is 11.4 Å². The predicted molar refractivity (Wildman–Crippen MR) is 87.3 cm³/mol. The number of nitrogens with one attached hydrogen (secondary N) is 1. The second-order valence-corrected chi connectivity index (χ2v) is 5.95. The molecule has 2 aromatic carbocycles. The molecule has 0 bridgehead atoms. The summed E-state index contributed by atoms with van der Waals surface area (Å²) < 4.78 is 2.37. The van der Waals surface area contributed by atoms with E-state index in [1.165, 1.54) is 16.8 Å². The Morgan fingerprint density at radius 1 is 1.10 bits per heavy atom. The number of aromatic nitrogens is 2. The number of imidazole rings is 1. The van der Waals surface area contributed by atoms with E-state index in [0.717, 1.165) is 24.2 Å². The minimum Gasteiger partial charge on any atom is -0.362 e. The maximum atomic E-state index is 4.90. The van der Waals surface area contributed by atoms with Crippen LogP contribution in [0.5, 0.6) is 0 Å². The summed E-state index contributed by atoms with van der Waals surface area (Å²) >= 11 is 0. The number of hydrogen-bond donors (Lipinski definition) is 1. The van der Waals surface area contributed by atoms with E-state index in [0.29, 0.717) is 0 Å². The highest BCUT2D eigenvalue weighted by Crippen LogP contribution is 2.42. The smallest absolute Gasteiger partial charge is 0.145 e. The summed E-state index contributed by atoms with van der Waals surface area (Å²) in [6.45, 7) is 4.50. The quantitative estimate of drug-likeness (QED) is 0.741. The molecule has 21 heavy (non-hydrogen) atoms. The first-order chi connectivity index (χ1) is 10.2. The van der Waals surface area contributed by atoms with Gasteiger partial charge in [-0.05, 0) is 37.6 Å². The second-order valence-electron chi connectivity index (χ2n) is 5.95. The van der Waals surface area contributed by atoms with Gasteiger partial charge in [0.2, 0.25) is 0 Å². The lowest BCUT2D eigenvalue weighted by Gasteiger charge is -2.39. The fraction of sp³-hybridized carbons (Fsp3) is 0.278. The molecule has 1 aliphatic heterocycles. The minimum atomic E-state index is -0.130. The van der Waals surface area contributed by atoms with Crippen molar-refractivity contribution >= 4 is 16.7 Å². The molecule has 1 N–H and O–H groups in total. The van der Waals surface area contributed by atoms with Gasteiger partial charge < -0.3 is 9.88 Å². The van der Waals surface area contributed by atoms with Crippen LogP contribution in [0.3, 0.4) is 0 Å². The Morgan fingerprint density at radius 2 is 1.86 bits per heavy atom. The van der Waals surface area contributed by atoms with Gasteiger partial charge in [0.25, 0.3) is 0 Å². The average Bonchev–Trinajstić information content (AvgIpc) is 2.88. The highest BCUT2D eigenvalue weighted by molar-refractivity contribution is 5.86. The maximum Gasteiger partial charge on any atom is 0.145 e. The Morgan fingerprint density at radius 3 is 2.71 bits per heavy atom. The van der Waals surface area contributed by atoms with Gasteiger partial charge in [-0.15, -0.1) is 0 Å². The molecule has 106 valence electrons. The first-order valence-corrected chi connectivity index (χ1v) is 7.58. The number of benzene rings is 2. The highest BCUT2D eigenvalue weighted by atomic mass is 15.3. The Kier molecular flexibility index (Phi) is 2.58. The van der Waals surface area contributed by atoms with Crippen LogP contribution >= 0.6 is 0 Å². The van der Waals surface area contributed by atoms with E-state index in [1.54, 1.807) is 0 Å². The molecular formula is C18H19N3. The van der Waals surface area contributed by atoms with Crippen LogP contribution in [0.2, 0.25) is 0 Å². The van der Waals surface area contributed by atoms with Gasteiger partial charge in [0.05, 0.1) is 11.0 Å². The molecule has 0 saturated heterocycles. The first-order valence-electron chi connectivity index (χ1n) is 7.58. The van der Waals surface area contributed by atoms with Gasteiger partial charge in [0.15, 0.2) is 0 Å². The highest BCUT2D eigenvalue weighted by Gasteiger charge is 2.35. The summed E-state index contributed by atoms with van der Waals surface area (Å²) in [5, 5.41) is 3.73. The summed E-state index contributed by atoms with van der Waals surface area (Å²) in [6, 6.07) is 16.8. The van der Waals surface area contributed by atoms with Crippen LogP contribution in [0.25, 0.3) is 22.4 Å². The second kappa shape index (κ2) is 4.35. The van der Waals surface area contributed by atoms with E-state index in [1.807, 2.05) is 0 Å². The van der Waals surface area contributed by atoms with Crippen molar-refractivity contribution in [3.05, 3.63) is 48.5 Å². The zero-order valence-corrected chi connectivity index (χ0v) is 12.4. The van der Waals surface area contributed by atoms with Crippen LogP contribution in [0.15, 0.2) is 48.5 Å². The van der Waals surface area contributed by atoms with Gasteiger partial charge in [0, 0.05) is 11.3 Å². The lowest BCUT2D eigenvalue weighted by molar-refractivity contribution is 0.346. The molecule has 3 heteroatoms. The third-order valence-electron chi connectivity index (χ3n) is 4.36. The fourth-order valence-corrected chi connectivity index (χ4v) is 3.50. The molecule has 3 nitrogen and oxygen atoms in total. The molecule has 0 aliphatic carbocycles. The molecule has 3 aromatic rings. The molecule has 0 unspecified atom stereocenters. The molecule has 0 fully saturated rings. The van der Waals surface area contributed by atoms with Crippen molar-refractivity contribution in [2.75, 3.05) is 5.32 Å². The van der Waals surface area contributed by atoms with E-state index in [4.69, 9.17) is 4.98 Å². The summed E-state index contributed by atoms with van der Waals surface area (Å²) in [4.78, 5) is 4.90. The van der Waals surface area contributed by atoms with Gasteiger partial charge in [0.1, 0.15) is 11.5 Å². The fourth-order valence-electron chi connectivity index (χ4n) is 3.50. The largest absolute Gasteiger partial charge is 0.362 e. The molecule has 1 aliphatic rings. The van der Waals surface area contributed by atoms with Gasteiger partial charge in [-0.3, -0.25) is 0 Å². The molecule has 0 spiro atoms. The van der Waals surface area contributed by atoms with Crippen molar-refractivity contribution in [1.29, 1.82) is 0 Å². The predicted octanol–water partition coefficient (Wildman–Crippen LogP) is 4.60. The van der Waals surface area contributed by atoms with Gasteiger partial charge in [-0.2, -0.15) is 0 Å². The Hall–Kier alpha value is -2.29. The van der Waals surface area contributed by atoms with Crippen LogP contribution in [-0.2, 0) is 5.66 Å². The summed E-state index contributed by atoms with van der Waals surface area (Å²) in [5.41, 5.74) is 4.49. The van der Waals surface area contributed by atoms with E-state index in [9.17, 15) is 0 Å². The summed E-state index contributed by atoms with van der Waals surface area (Å²) in [6.07, 6.45) is 2.19. The molecule has 4 rings (SSSR count). The summed E-state index contributed by atoms with van der Waals surface area (Å²) in [7, 11) is 0. The van der Waals surface area contributed by atoms with E-state index in [2.05, 4.69) is 72.3 Å². The number of rotatable bonds is 2. The number of fused-ring (bicyclic) bond motifs is 5. The Balaban J connectivity index is 2.08. The molecule has 0 amide bonds. The number of hydrogen-bond acceptors (Lipinski definition) is 2. The van der Waals surface area contributed by atoms with Gasteiger partial charge in [-0.1, -0.05) is 37.6 Å². The number of anilines is 1. The Bertz CT molecular complexity index is 818. The van der Waals surface area contributed by atoms with Gasteiger partial charge >= 0.3 is 0 Å². The topological polar surface area (TPSA) is 29.9 Å². The number of para-hydroxylation sites is 3. The van der Waals surface area contributed by atoms with Crippen LogP contribution < -0.4 is 5.32 Å². The molecule has 1 aromatic heterocycles. The first kappa shape index (κ1) is 12.5. The van der Waals surface area contributed by atoms with Crippen molar-refractivity contribution in [3.63, 3.8) is 0 Å². The van der Waals surface area contributed by atoms with Crippen molar-refractivity contribution in [2.45, 2.75) is 32.4 Å². The zero-order chi connectivity index (χ0) is 14.4. The molecule has 2 heterocycles. The van der Waals surface area contributed by atoms with Crippen LogP contribution in [0.4, 0.5) is 5.69 Å². The molecule has 1 atom stereocenters. The Labute approximate surface area is 124 Å². The van der Waals surface area contributed by atoms with Crippen LogP contribution in [0.1, 0.15) is 26.7 Å².